The molecular formula is C35H72ClNO2. The lowest BCUT2D eigenvalue weighted by molar-refractivity contribution is -0.661. The Morgan fingerprint density at radius 3 is 1.41 bits per heavy atom. The smallest absolute Gasteiger partial charge is 0.135 e. The van der Waals surface area contributed by atoms with Crippen LogP contribution in [0.1, 0.15) is 194 Å². The third-order valence-electron chi connectivity index (χ3n) is 8.15. The van der Waals surface area contributed by atoms with Crippen LogP contribution in [0.15, 0.2) is 0 Å². The monoisotopic (exact) mass is 574 g/mol. The van der Waals surface area contributed by atoms with Crippen LogP contribution < -0.4 is 17.7 Å². The van der Waals surface area contributed by atoms with Gasteiger partial charge in [0.05, 0.1) is 6.54 Å². The molecule has 0 heterocycles. The number of ketones is 1. The molecule has 39 heavy (non-hydrogen) atoms. The first-order valence-electron chi connectivity index (χ1n) is 17.6. The highest BCUT2D eigenvalue weighted by Gasteiger charge is 2.12. The van der Waals surface area contributed by atoms with E-state index in [0.29, 0.717) is 19.4 Å². The molecule has 0 bridgehead atoms. The van der Waals surface area contributed by atoms with Crippen molar-refractivity contribution in [3.8, 4) is 0 Å². The number of carbonyl (C=O) groups is 1. The fraction of sp³-hybridized carbons (Fsp3) is 0.971. The topological polar surface area (TPSA) is 53.9 Å². The van der Waals surface area contributed by atoms with Crippen LogP contribution in [0.25, 0.3) is 0 Å². The van der Waals surface area contributed by atoms with Gasteiger partial charge in [0.1, 0.15) is 18.4 Å². The van der Waals surface area contributed by atoms with Crippen molar-refractivity contribution < 1.29 is 27.6 Å². The van der Waals surface area contributed by atoms with Gasteiger partial charge in [0.25, 0.3) is 0 Å². The van der Waals surface area contributed by atoms with Gasteiger partial charge in [-0.25, -0.2) is 0 Å². The van der Waals surface area contributed by atoms with Crippen molar-refractivity contribution >= 4 is 5.78 Å². The van der Waals surface area contributed by atoms with E-state index in [1.807, 2.05) is 0 Å². The van der Waals surface area contributed by atoms with Gasteiger partial charge >= 0.3 is 0 Å². The second-order valence-corrected chi connectivity index (χ2v) is 12.8. The van der Waals surface area contributed by atoms with Crippen molar-refractivity contribution in [2.45, 2.75) is 200 Å². The highest BCUT2D eigenvalue weighted by molar-refractivity contribution is 5.78. The summed E-state index contributed by atoms with van der Waals surface area (Å²) < 4.78 is 0. The number of hydrogen-bond donors (Lipinski definition) is 2. The van der Waals surface area contributed by atoms with Crippen molar-refractivity contribution in [2.24, 2.45) is 5.92 Å². The zero-order chi connectivity index (χ0) is 27.9. The number of carbonyl (C=O) groups excluding carboxylic acids is 1. The normalized spacial score (nSPS) is 12.1. The van der Waals surface area contributed by atoms with Crippen molar-refractivity contribution in [2.75, 3.05) is 13.1 Å². The highest BCUT2D eigenvalue weighted by atomic mass is 35.5. The third kappa shape index (κ3) is 35.9. The molecule has 0 aromatic rings. The van der Waals surface area contributed by atoms with E-state index in [1.54, 1.807) is 0 Å². The SMILES string of the molecule is CCCCCCCCCCCC(=O)CC(O)C[NH2+]CCCCCCCCCCCCCCCCCC(C)C.[Cl-]. The minimum Gasteiger partial charge on any atom is -1.00 e. The molecular weight excluding hydrogens is 502 g/mol. The van der Waals surface area contributed by atoms with Crippen molar-refractivity contribution in [1.82, 2.24) is 0 Å². The quantitative estimate of drug-likeness (QED) is 0.0880. The molecule has 0 aliphatic rings. The molecule has 0 radical (unpaired) electrons. The molecule has 1 unspecified atom stereocenters. The fourth-order valence-electron chi connectivity index (χ4n) is 5.53. The summed E-state index contributed by atoms with van der Waals surface area (Å²) in [6.07, 6.45) is 34.5. The van der Waals surface area contributed by atoms with Gasteiger partial charge in [-0.05, 0) is 25.2 Å². The van der Waals surface area contributed by atoms with Crippen LogP contribution >= 0.6 is 0 Å². The van der Waals surface area contributed by atoms with Crippen molar-refractivity contribution in [1.29, 1.82) is 0 Å². The summed E-state index contributed by atoms with van der Waals surface area (Å²) in [6.45, 7) is 8.69. The zero-order valence-corrected chi connectivity index (χ0v) is 27.7. The Morgan fingerprint density at radius 2 is 0.974 bits per heavy atom. The summed E-state index contributed by atoms with van der Waals surface area (Å²) in [6, 6.07) is 0. The predicted molar refractivity (Wildman–Crippen MR) is 168 cm³/mol. The fourth-order valence-corrected chi connectivity index (χ4v) is 5.53. The van der Waals surface area contributed by atoms with E-state index in [9.17, 15) is 9.90 Å². The van der Waals surface area contributed by atoms with Crippen LogP contribution in [-0.2, 0) is 4.79 Å². The summed E-state index contributed by atoms with van der Waals surface area (Å²) in [5, 5.41) is 12.4. The molecule has 0 rings (SSSR count). The number of aliphatic hydroxyl groups excluding tert-OH is 1. The molecule has 0 saturated heterocycles. The molecule has 3 N–H and O–H groups in total. The van der Waals surface area contributed by atoms with Gasteiger partial charge < -0.3 is 22.8 Å². The number of unbranched alkanes of at least 4 members (excludes halogenated alkanes) is 22. The number of Topliss-reactive ketones (excluding diaryl/α,β-unsaturated/α-hetero) is 1. The molecule has 0 spiro atoms. The first-order chi connectivity index (χ1) is 18.6. The Kier molecular flexibility index (Phi) is 35.8. The van der Waals surface area contributed by atoms with E-state index >= 15 is 0 Å². The minimum atomic E-state index is -0.462. The lowest BCUT2D eigenvalue weighted by Gasteiger charge is -2.09. The number of hydrogen-bond acceptors (Lipinski definition) is 2. The lowest BCUT2D eigenvalue weighted by atomic mass is 10.0. The zero-order valence-electron chi connectivity index (χ0n) is 27.0. The average Bonchev–Trinajstić information content (AvgIpc) is 2.88. The second-order valence-electron chi connectivity index (χ2n) is 12.8. The van der Waals surface area contributed by atoms with Crippen LogP contribution in [0.5, 0.6) is 0 Å². The molecule has 0 amide bonds. The first-order valence-corrected chi connectivity index (χ1v) is 17.6. The maximum absolute atomic E-state index is 12.1. The summed E-state index contributed by atoms with van der Waals surface area (Å²) in [4.78, 5) is 12.1. The van der Waals surface area contributed by atoms with Gasteiger partial charge in [0.15, 0.2) is 0 Å². The average molecular weight is 574 g/mol. The molecule has 3 nitrogen and oxygen atoms in total. The molecule has 0 saturated carbocycles. The Labute approximate surface area is 252 Å². The third-order valence-corrected chi connectivity index (χ3v) is 8.15. The largest absolute Gasteiger partial charge is 1.00 e. The molecule has 0 aliphatic carbocycles. The molecule has 236 valence electrons. The van der Waals surface area contributed by atoms with Gasteiger partial charge in [-0.15, -0.1) is 0 Å². The second kappa shape index (κ2) is 34.1. The van der Waals surface area contributed by atoms with Crippen LogP contribution in [0, 0.1) is 5.92 Å². The molecule has 1 atom stereocenters. The molecule has 4 heteroatoms. The van der Waals surface area contributed by atoms with E-state index in [4.69, 9.17) is 0 Å². The minimum absolute atomic E-state index is 0. The van der Waals surface area contributed by atoms with Gasteiger partial charge in [-0.2, -0.15) is 0 Å². The van der Waals surface area contributed by atoms with E-state index in [2.05, 4.69) is 26.1 Å². The van der Waals surface area contributed by atoms with Gasteiger partial charge in [-0.3, -0.25) is 4.79 Å². The van der Waals surface area contributed by atoms with Gasteiger partial charge in [0.2, 0.25) is 0 Å². The summed E-state index contributed by atoms with van der Waals surface area (Å²) in [5.41, 5.74) is 0. The molecule has 0 aliphatic heterocycles. The van der Waals surface area contributed by atoms with E-state index in [1.165, 1.54) is 154 Å². The standard InChI is InChI=1S/C35H71NO2.ClH/c1-4-5-6-7-8-16-20-23-26-29-34(37)31-35(38)32-36-30-27-24-21-18-15-13-11-9-10-12-14-17-19-22-25-28-33(2)3;/h33,35-36,38H,4-32H2,1-3H3;1H. The van der Waals surface area contributed by atoms with Gasteiger partial charge in [-0.1, -0.05) is 162 Å². The highest BCUT2D eigenvalue weighted by Crippen LogP contribution is 2.15. The van der Waals surface area contributed by atoms with Crippen molar-refractivity contribution in [3.63, 3.8) is 0 Å². The maximum atomic E-state index is 12.1. The number of rotatable bonds is 32. The molecule has 0 aromatic carbocycles. The summed E-state index contributed by atoms with van der Waals surface area (Å²) in [5.74, 6) is 1.13. The van der Waals surface area contributed by atoms with Crippen LogP contribution in [0.2, 0.25) is 0 Å². The van der Waals surface area contributed by atoms with E-state index in [-0.39, 0.29) is 18.2 Å². The number of quaternary nitrogens is 1. The number of aliphatic hydroxyl groups is 1. The van der Waals surface area contributed by atoms with Crippen molar-refractivity contribution in [3.05, 3.63) is 0 Å². The van der Waals surface area contributed by atoms with Crippen LogP contribution in [0.3, 0.4) is 0 Å². The Hall–Kier alpha value is -0.120. The lowest BCUT2D eigenvalue weighted by Crippen LogP contribution is -3.00. The van der Waals surface area contributed by atoms with Gasteiger partial charge in [0, 0.05) is 12.8 Å². The predicted octanol–water partition coefficient (Wildman–Crippen LogP) is 6.69. The van der Waals surface area contributed by atoms with Crippen LogP contribution in [0.4, 0.5) is 0 Å². The van der Waals surface area contributed by atoms with Crippen LogP contribution in [-0.4, -0.2) is 30.1 Å². The Morgan fingerprint density at radius 1 is 0.590 bits per heavy atom. The Balaban J connectivity index is 0. The summed E-state index contributed by atoms with van der Waals surface area (Å²) in [7, 11) is 0. The Bertz CT molecular complexity index is 472. The van der Waals surface area contributed by atoms with E-state index in [0.717, 1.165) is 18.9 Å². The first kappa shape index (κ1) is 41.0. The summed E-state index contributed by atoms with van der Waals surface area (Å²) >= 11 is 0. The molecule has 0 fully saturated rings. The number of nitrogens with two attached hydrogens (primary N) is 1. The number of halogens is 1. The van der Waals surface area contributed by atoms with E-state index < -0.39 is 6.10 Å². The molecule has 0 aromatic heterocycles. The maximum Gasteiger partial charge on any atom is 0.135 e.